The van der Waals surface area contributed by atoms with Crippen molar-refractivity contribution in [1.29, 1.82) is 0 Å². The normalized spacial score (nSPS) is 29.2. The highest BCUT2D eigenvalue weighted by Gasteiger charge is 2.15. The summed E-state index contributed by atoms with van der Waals surface area (Å²) in [5, 5.41) is 6.69. The molecular weight excluding hydrogens is 167 g/mol. The Labute approximate surface area is 74.6 Å². The summed E-state index contributed by atoms with van der Waals surface area (Å²) in [5.74, 6) is 0. The number of dihydropyridines is 1. The lowest BCUT2D eigenvalue weighted by Crippen LogP contribution is -2.27. The third-order valence-electron chi connectivity index (χ3n) is 2.13. The van der Waals surface area contributed by atoms with Crippen molar-refractivity contribution in [3.63, 3.8) is 0 Å². The van der Waals surface area contributed by atoms with Gasteiger partial charge in [0.05, 0.1) is 6.04 Å². The van der Waals surface area contributed by atoms with Crippen LogP contribution in [0.1, 0.15) is 6.92 Å². The molecule has 0 aliphatic carbocycles. The summed E-state index contributed by atoms with van der Waals surface area (Å²) in [6, 6.07) is 0.441. The zero-order valence-electron chi connectivity index (χ0n) is 7.09. The van der Waals surface area contributed by atoms with Gasteiger partial charge in [-0.15, -0.1) is 0 Å². The van der Waals surface area contributed by atoms with Crippen LogP contribution in [0.3, 0.4) is 0 Å². The van der Waals surface area contributed by atoms with E-state index in [1.165, 1.54) is 17.4 Å². The minimum absolute atomic E-state index is 0.441. The Hall–Kier alpha value is -0.750. The highest BCUT2D eigenvalue weighted by atomic mass is 31.1. The van der Waals surface area contributed by atoms with Crippen molar-refractivity contribution < 1.29 is 0 Å². The molecule has 2 nitrogen and oxygen atoms in total. The molecule has 64 valence electrons. The Morgan fingerprint density at radius 1 is 1.58 bits per heavy atom. The van der Waals surface area contributed by atoms with Gasteiger partial charge in [0.2, 0.25) is 0 Å². The van der Waals surface area contributed by atoms with Crippen molar-refractivity contribution in [3.8, 4) is 0 Å². The number of hydrogen-bond acceptors (Lipinski definition) is 2. The van der Waals surface area contributed by atoms with Gasteiger partial charge in [-0.3, -0.25) is 0 Å². The van der Waals surface area contributed by atoms with Crippen LogP contribution in [0, 0.1) is 0 Å². The summed E-state index contributed by atoms with van der Waals surface area (Å²) in [7, 11) is 0.868. The van der Waals surface area contributed by atoms with Gasteiger partial charge in [-0.1, -0.05) is 12.2 Å². The summed E-state index contributed by atoms with van der Waals surface area (Å²) in [4.78, 5) is 0. The van der Waals surface area contributed by atoms with Gasteiger partial charge in [-0.2, -0.15) is 0 Å². The number of nitrogens with one attached hydrogen (secondary N) is 2. The van der Waals surface area contributed by atoms with Gasteiger partial charge in [-0.05, 0) is 33.5 Å². The molecule has 0 fully saturated rings. The van der Waals surface area contributed by atoms with Gasteiger partial charge >= 0.3 is 0 Å². The third kappa shape index (κ3) is 1.39. The van der Waals surface area contributed by atoms with E-state index >= 15 is 0 Å². The first kappa shape index (κ1) is 7.88. The lowest BCUT2D eigenvalue weighted by atomic mass is 10.0. The monoisotopic (exact) mass is 180 g/mol. The van der Waals surface area contributed by atoms with E-state index in [-0.39, 0.29) is 0 Å². The standard InChI is InChI=1S/C9H13N2P/c1-7-8(3-2-5-10-7)9-4-6-12-11-9/h2-5,7,10-12H,6H2,1H3. The second-order valence-electron chi connectivity index (χ2n) is 2.99. The fourth-order valence-corrected chi connectivity index (χ4v) is 2.29. The Morgan fingerprint density at radius 3 is 3.17 bits per heavy atom. The van der Waals surface area contributed by atoms with Crippen molar-refractivity contribution in [2.24, 2.45) is 0 Å². The first-order valence-electron chi connectivity index (χ1n) is 4.20. The maximum absolute atomic E-state index is 3.40. The van der Waals surface area contributed by atoms with Crippen molar-refractivity contribution >= 4 is 8.73 Å². The molecule has 0 aromatic rings. The molecule has 0 spiro atoms. The number of hydrogen-bond donors (Lipinski definition) is 2. The van der Waals surface area contributed by atoms with E-state index in [0.29, 0.717) is 6.04 Å². The van der Waals surface area contributed by atoms with E-state index in [1.54, 1.807) is 0 Å². The summed E-state index contributed by atoms with van der Waals surface area (Å²) in [6.07, 6.45) is 9.69. The highest BCUT2D eigenvalue weighted by molar-refractivity contribution is 7.36. The first-order valence-corrected chi connectivity index (χ1v) is 5.41. The second kappa shape index (κ2) is 3.32. The second-order valence-corrected chi connectivity index (χ2v) is 4.00. The Morgan fingerprint density at radius 2 is 2.50 bits per heavy atom. The lowest BCUT2D eigenvalue weighted by molar-refractivity contribution is 0.719. The average Bonchev–Trinajstić information content (AvgIpc) is 2.57. The van der Waals surface area contributed by atoms with Crippen LogP contribution in [0.5, 0.6) is 0 Å². The smallest absolute Gasteiger partial charge is 0.0500 e. The van der Waals surface area contributed by atoms with Crippen LogP contribution in [0.25, 0.3) is 0 Å². The van der Waals surface area contributed by atoms with E-state index in [0.717, 1.165) is 8.73 Å². The van der Waals surface area contributed by atoms with E-state index in [2.05, 4.69) is 35.6 Å². The summed E-state index contributed by atoms with van der Waals surface area (Å²) in [6.45, 7) is 2.18. The summed E-state index contributed by atoms with van der Waals surface area (Å²) < 4.78 is 0. The molecule has 2 atom stereocenters. The predicted octanol–water partition coefficient (Wildman–Crippen LogP) is 1.50. The van der Waals surface area contributed by atoms with Crippen LogP contribution in [0.2, 0.25) is 0 Å². The van der Waals surface area contributed by atoms with Crippen molar-refractivity contribution in [2.45, 2.75) is 13.0 Å². The molecule has 0 aromatic carbocycles. The molecule has 2 N–H and O–H groups in total. The van der Waals surface area contributed by atoms with Gasteiger partial charge in [0.25, 0.3) is 0 Å². The van der Waals surface area contributed by atoms with Crippen LogP contribution in [-0.2, 0) is 0 Å². The van der Waals surface area contributed by atoms with E-state index in [1.807, 2.05) is 6.20 Å². The molecule has 0 aromatic heterocycles. The van der Waals surface area contributed by atoms with Gasteiger partial charge in [0.1, 0.15) is 0 Å². The van der Waals surface area contributed by atoms with Crippen LogP contribution in [0.4, 0.5) is 0 Å². The van der Waals surface area contributed by atoms with Crippen LogP contribution < -0.4 is 10.4 Å². The van der Waals surface area contributed by atoms with E-state index < -0.39 is 0 Å². The van der Waals surface area contributed by atoms with Crippen LogP contribution in [0.15, 0.2) is 35.7 Å². The molecule has 3 heteroatoms. The maximum atomic E-state index is 3.40. The molecule has 0 saturated heterocycles. The topological polar surface area (TPSA) is 24.1 Å². The number of allylic oxidation sites excluding steroid dienone is 3. The van der Waals surface area contributed by atoms with Gasteiger partial charge < -0.3 is 10.4 Å². The molecule has 0 amide bonds. The van der Waals surface area contributed by atoms with E-state index in [9.17, 15) is 0 Å². The molecule has 2 heterocycles. The van der Waals surface area contributed by atoms with Gasteiger partial charge in [-0.25, -0.2) is 0 Å². The molecule has 2 aliphatic rings. The fraction of sp³-hybridized carbons (Fsp3) is 0.333. The molecule has 2 unspecified atom stereocenters. The van der Waals surface area contributed by atoms with Crippen LogP contribution >= 0.6 is 8.73 Å². The maximum Gasteiger partial charge on any atom is 0.0500 e. The SMILES string of the molecule is CC1NC=CC=C1C1=CCPN1. The van der Waals surface area contributed by atoms with Crippen LogP contribution in [-0.4, -0.2) is 12.2 Å². The lowest BCUT2D eigenvalue weighted by Gasteiger charge is -2.20. The first-order chi connectivity index (χ1) is 5.88. The molecule has 12 heavy (non-hydrogen) atoms. The van der Waals surface area contributed by atoms with Crippen molar-refractivity contribution in [2.75, 3.05) is 6.16 Å². The minimum atomic E-state index is 0.441. The zero-order chi connectivity index (χ0) is 8.39. The molecule has 2 aliphatic heterocycles. The minimum Gasteiger partial charge on any atom is -0.384 e. The van der Waals surface area contributed by atoms with Gasteiger partial charge in [0.15, 0.2) is 0 Å². The van der Waals surface area contributed by atoms with Crippen molar-refractivity contribution in [1.82, 2.24) is 10.4 Å². The van der Waals surface area contributed by atoms with Gasteiger partial charge in [0, 0.05) is 11.9 Å². The van der Waals surface area contributed by atoms with E-state index in [4.69, 9.17) is 0 Å². The molecular formula is C9H13N2P. The molecule has 0 saturated carbocycles. The quantitative estimate of drug-likeness (QED) is 0.597. The summed E-state index contributed by atoms with van der Waals surface area (Å²) >= 11 is 0. The zero-order valence-corrected chi connectivity index (χ0v) is 8.09. The largest absolute Gasteiger partial charge is 0.384 e. The average molecular weight is 180 g/mol. The predicted molar refractivity (Wildman–Crippen MR) is 54.2 cm³/mol. The molecule has 0 bridgehead atoms. The Balaban J connectivity index is 2.20. The van der Waals surface area contributed by atoms with Crippen molar-refractivity contribution in [3.05, 3.63) is 35.7 Å². The summed E-state index contributed by atoms with van der Waals surface area (Å²) in [5.41, 5.74) is 2.69. The molecule has 2 rings (SSSR count). The highest BCUT2D eigenvalue weighted by Crippen LogP contribution is 2.24. The fourth-order valence-electron chi connectivity index (χ4n) is 1.45. The Kier molecular flexibility index (Phi) is 2.18. The molecule has 0 radical (unpaired) electrons. The third-order valence-corrected chi connectivity index (χ3v) is 2.98. The Bertz CT molecular complexity index is 266. The number of rotatable bonds is 1.